The molecule has 178 valence electrons. The molecule has 2 aliphatic rings. The molecule has 0 amide bonds. The molecule has 1 unspecified atom stereocenters. The van der Waals surface area contributed by atoms with Gasteiger partial charge in [-0.3, -0.25) is 4.68 Å². The van der Waals surface area contributed by atoms with Gasteiger partial charge in [-0.25, -0.2) is 9.50 Å². The number of anilines is 2. The Kier molecular flexibility index (Phi) is 4.81. The molecule has 2 N–H and O–H groups in total. The summed E-state index contributed by atoms with van der Waals surface area (Å²) in [7, 11) is 2.17. The Labute approximate surface area is 201 Å². The zero-order chi connectivity index (χ0) is 23.4. The molecule has 0 aliphatic carbocycles. The van der Waals surface area contributed by atoms with Crippen LogP contribution in [-0.2, 0) is 4.74 Å². The van der Waals surface area contributed by atoms with E-state index in [0.29, 0.717) is 24.5 Å². The second-order valence-electron chi connectivity index (χ2n) is 9.57. The Hall–Kier alpha value is -3.76. The third kappa shape index (κ3) is 3.75. The average molecular weight is 470 g/mol. The molecule has 0 bridgehead atoms. The smallest absolute Gasteiger partial charge is 0.247 e. The van der Waals surface area contributed by atoms with Crippen LogP contribution in [-0.4, -0.2) is 72.6 Å². The van der Waals surface area contributed by atoms with Crippen LogP contribution in [0.4, 0.5) is 11.6 Å². The van der Waals surface area contributed by atoms with Crippen molar-refractivity contribution in [2.24, 2.45) is 0 Å². The summed E-state index contributed by atoms with van der Waals surface area (Å²) in [6.45, 7) is 3.66. The van der Waals surface area contributed by atoms with E-state index >= 15 is 0 Å². The molecule has 0 saturated carbocycles. The third-order valence-corrected chi connectivity index (χ3v) is 7.07. The zero-order valence-electron chi connectivity index (χ0n) is 19.6. The summed E-state index contributed by atoms with van der Waals surface area (Å²) in [5, 5.41) is 12.5. The van der Waals surface area contributed by atoms with Crippen molar-refractivity contribution in [1.29, 1.82) is 0 Å². The maximum Gasteiger partial charge on any atom is 0.247 e. The number of imidazole rings is 1. The van der Waals surface area contributed by atoms with Crippen molar-refractivity contribution < 1.29 is 4.74 Å². The summed E-state index contributed by atoms with van der Waals surface area (Å²) in [5.74, 6) is 2.08. The van der Waals surface area contributed by atoms with E-state index in [2.05, 4.69) is 56.6 Å². The van der Waals surface area contributed by atoms with Crippen molar-refractivity contribution in [3.63, 3.8) is 0 Å². The van der Waals surface area contributed by atoms with E-state index in [1.165, 1.54) is 0 Å². The van der Waals surface area contributed by atoms with E-state index in [0.717, 1.165) is 72.0 Å². The molecule has 7 rings (SSSR count). The van der Waals surface area contributed by atoms with Crippen molar-refractivity contribution in [2.75, 3.05) is 38.7 Å². The molecule has 2 saturated heterocycles. The molecular formula is C25H27N9O. The van der Waals surface area contributed by atoms with Gasteiger partial charge >= 0.3 is 0 Å². The molecule has 6 heterocycles. The van der Waals surface area contributed by atoms with Gasteiger partial charge in [0, 0.05) is 30.8 Å². The van der Waals surface area contributed by atoms with Gasteiger partial charge in [-0.1, -0.05) is 12.1 Å². The quantitative estimate of drug-likeness (QED) is 0.406. The van der Waals surface area contributed by atoms with Crippen molar-refractivity contribution in [3.05, 3.63) is 54.6 Å². The van der Waals surface area contributed by atoms with Crippen LogP contribution in [0, 0.1) is 0 Å². The Morgan fingerprint density at radius 2 is 2.11 bits per heavy atom. The molecule has 2 aliphatic heterocycles. The number of aromatic nitrogens is 7. The molecule has 5 aromatic rings. The maximum absolute atomic E-state index is 5.47. The highest BCUT2D eigenvalue weighted by atomic mass is 16.5. The first kappa shape index (κ1) is 20.6. The highest BCUT2D eigenvalue weighted by Crippen LogP contribution is 2.29. The van der Waals surface area contributed by atoms with Crippen molar-refractivity contribution >= 4 is 28.3 Å². The number of fused-ring (bicyclic) bond motifs is 2. The molecule has 1 aromatic carbocycles. The van der Waals surface area contributed by atoms with Gasteiger partial charge in [0.2, 0.25) is 5.95 Å². The van der Waals surface area contributed by atoms with Gasteiger partial charge in [0.15, 0.2) is 5.65 Å². The number of pyridine rings is 1. The number of nitrogens with zero attached hydrogens (tertiary/aromatic N) is 7. The van der Waals surface area contributed by atoms with Crippen LogP contribution < -0.4 is 5.32 Å². The number of H-pyrrole nitrogens is 1. The summed E-state index contributed by atoms with van der Waals surface area (Å²) in [5.41, 5.74) is 5.72. The number of rotatable bonds is 5. The van der Waals surface area contributed by atoms with Gasteiger partial charge in [0.05, 0.1) is 41.3 Å². The predicted octanol–water partition coefficient (Wildman–Crippen LogP) is 3.59. The molecule has 4 aromatic heterocycles. The summed E-state index contributed by atoms with van der Waals surface area (Å²) in [6.07, 6.45) is 5.91. The van der Waals surface area contributed by atoms with Crippen molar-refractivity contribution in [2.45, 2.75) is 24.8 Å². The minimum atomic E-state index is 0.290. The predicted molar refractivity (Wildman–Crippen MR) is 133 cm³/mol. The summed E-state index contributed by atoms with van der Waals surface area (Å²) >= 11 is 0. The second-order valence-corrected chi connectivity index (χ2v) is 9.57. The van der Waals surface area contributed by atoms with E-state index < -0.39 is 0 Å². The first-order valence-corrected chi connectivity index (χ1v) is 12.1. The van der Waals surface area contributed by atoms with Gasteiger partial charge in [-0.2, -0.15) is 10.1 Å². The average Bonchev–Trinajstić information content (AvgIpc) is 3.68. The monoisotopic (exact) mass is 469 g/mol. The first-order valence-electron chi connectivity index (χ1n) is 12.1. The Balaban J connectivity index is 1.18. The largest absolute Gasteiger partial charge is 0.379 e. The van der Waals surface area contributed by atoms with Crippen LogP contribution in [0.5, 0.6) is 0 Å². The highest BCUT2D eigenvalue weighted by molar-refractivity contribution is 5.81. The van der Waals surface area contributed by atoms with Crippen molar-refractivity contribution in [1.82, 2.24) is 39.2 Å². The molecule has 2 fully saturated rings. The number of likely N-dealkylation sites (N-methyl/N-ethyl adjacent to an activating group) is 1. The topological polar surface area (TPSA) is 101 Å². The fourth-order valence-corrected chi connectivity index (χ4v) is 5.18. The number of aromatic amines is 1. The molecular weight excluding hydrogens is 442 g/mol. The fraction of sp³-hybridized carbons (Fsp3) is 0.360. The Morgan fingerprint density at radius 1 is 1.14 bits per heavy atom. The molecule has 2 atom stereocenters. The van der Waals surface area contributed by atoms with Crippen LogP contribution in [0.2, 0.25) is 0 Å². The van der Waals surface area contributed by atoms with E-state index in [9.17, 15) is 0 Å². The van der Waals surface area contributed by atoms with Crippen LogP contribution in [0.15, 0.2) is 48.8 Å². The molecule has 35 heavy (non-hydrogen) atoms. The van der Waals surface area contributed by atoms with E-state index in [1.54, 1.807) is 6.20 Å². The summed E-state index contributed by atoms with van der Waals surface area (Å²) in [4.78, 5) is 15.5. The number of likely N-dealkylation sites (tertiary alicyclic amines) is 1. The fourth-order valence-electron chi connectivity index (χ4n) is 5.18. The van der Waals surface area contributed by atoms with Gasteiger partial charge in [-0.15, -0.1) is 5.10 Å². The van der Waals surface area contributed by atoms with Gasteiger partial charge in [0.1, 0.15) is 5.82 Å². The highest BCUT2D eigenvalue weighted by Gasteiger charge is 2.24. The lowest BCUT2D eigenvalue weighted by Crippen LogP contribution is -2.13. The molecule has 10 heteroatoms. The Morgan fingerprint density at radius 3 is 2.97 bits per heavy atom. The summed E-state index contributed by atoms with van der Waals surface area (Å²) in [6, 6.07) is 12.7. The molecule has 10 nitrogen and oxygen atoms in total. The lowest BCUT2D eigenvalue weighted by molar-refractivity contribution is 0.184. The summed E-state index contributed by atoms with van der Waals surface area (Å²) < 4.78 is 9.30. The molecule has 0 spiro atoms. The van der Waals surface area contributed by atoms with Gasteiger partial charge in [-0.05, 0) is 50.7 Å². The van der Waals surface area contributed by atoms with Crippen molar-refractivity contribution in [3.8, 4) is 11.3 Å². The number of hydrogen-bond acceptors (Lipinski definition) is 7. The van der Waals surface area contributed by atoms with E-state index in [1.807, 2.05) is 27.5 Å². The van der Waals surface area contributed by atoms with Crippen LogP contribution in [0.3, 0.4) is 0 Å². The third-order valence-electron chi connectivity index (χ3n) is 7.07. The number of benzene rings is 1. The normalized spacial score (nSPS) is 20.9. The van der Waals surface area contributed by atoms with E-state index in [-0.39, 0.29) is 0 Å². The molecule has 0 radical (unpaired) electrons. The van der Waals surface area contributed by atoms with Gasteiger partial charge in [0.25, 0.3) is 0 Å². The lowest BCUT2D eigenvalue weighted by atomic mass is 10.1. The zero-order valence-corrected chi connectivity index (χ0v) is 19.6. The minimum absolute atomic E-state index is 0.290. The standard InChI is InChI=1S/C25H27N9O/c1-32-9-7-17(13-32)24-28-20-6-5-16(11-21(20)29-24)22-3-2-4-23-30-25(31-34(22)23)27-18-12-26-33(14-18)19-8-10-35-15-19/h2-6,11-12,14,17,19H,7-10,13,15H2,1H3,(H,27,31)(H,28,29)/t17-,19?/m0/s1. The van der Waals surface area contributed by atoms with Crippen LogP contribution in [0.25, 0.3) is 27.9 Å². The number of nitrogens with one attached hydrogen (secondary N) is 2. The van der Waals surface area contributed by atoms with E-state index in [4.69, 9.17) is 14.8 Å². The maximum atomic E-state index is 5.47. The second kappa shape index (κ2) is 8.17. The first-order chi connectivity index (χ1) is 17.2. The van der Waals surface area contributed by atoms with Crippen LogP contribution >= 0.6 is 0 Å². The lowest BCUT2D eigenvalue weighted by Gasteiger charge is -2.06. The number of ether oxygens (including phenoxy) is 1. The van der Waals surface area contributed by atoms with Crippen LogP contribution in [0.1, 0.15) is 30.6 Å². The Bertz CT molecular complexity index is 1510. The SMILES string of the molecule is CN1CC[C@H](c2nc3ccc(-c4cccc5nc(Nc6cnn(C7CCOC7)c6)nn45)cc3[nH]2)C1. The minimum Gasteiger partial charge on any atom is -0.379 e. The number of hydrogen-bond donors (Lipinski definition) is 2. The van der Waals surface area contributed by atoms with Gasteiger partial charge < -0.3 is 19.9 Å².